The van der Waals surface area contributed by atoms with E-state index in [0.717, 1.165) is 12.8 Å². The Labute approximate surface area is 103 Å². The van der Waals surface area contributed by atoms with E-state index in [2.05, 4.69) is 10.3 Å². The third-order valence-electron chi connectivity index (χ3n) is 3.27. The van der Waals surface area contributed by atoms with Gasteiger partial charge in [-0.25, -0.2) is 0 Å². The van der Waals surface area contributed by atoms with E-state index in [1.165, 1.54) is 19.3 Å². The lowest BCUT2D eigenvalue weighted by Gasteiger charge is -2.24. The van der Waals surface area contributed by atoms with Crippen LogP contribution in [0, 0.1) is 5.41 Å². The molecule has 1 saturated carbocycles. The quantitative estimate of drug-likeness (QED) is 0.499. The van der Waals surface area contributed by atoms with Gasteiger partial charge in [-0.1, -0.05) is 19.3 Å². The van der Waals surface area contributed by atoms with Crippen molar-refractivity contribution in [2.45, 2.75) is 52.0 Å². The Morgan fingerprint density at radius 2 is 1.88 bits per heavy atom. The molecule has 98 valence electrons. The molecule has 0 unspecified atom stereocenters. The lowest BCUT2D eigenvalue weighted by Crippen LogP contribution is -2.42. The van der Waals surface area contributed by atoms with E-state index in [1.54, 1.807) is 13.8 Å². The summed E-state index contributed by atoms with van der Waals surface area (Å²) in [5, 5.41) is 3.21. The van der Waals surface area contributed by atoms with Crippen LogP contribution in [0.2, 0.25) is 0 Å². The summed E-state index contributed by atoms with van der Waals surface area (Å²) >= 11 is 0. The summed E-state index contributed by atoms with van der Waals surface area (Å²) in [4.78, 5) is 15.3. The Balaban J connectivity index is 2.40. The first-order valence-corrected chi connectivity index (χ1v) is 6.28. The monoisotopic (exact) mass is 240 g/mol. The van der Waals surface area contributed by atoms with Gasteiger partial charge in [0.15, 0.2) is 5.96 Å². The number of aliphatic imine (C=N–C) groups is 1. The van der Waals surface area contributed by atoms with Crippen molar-refractivity contribution in [1.29, 1.82) is 0 Å². The first kappa shape index (κ1) is 13.8. The average Bonchev–Trinajstić information content (AvgIpc) is 2.28. The fourth-order valence-electron chi connectivity index (χ4n) is 1.86. The number of guanidine groups is 1. The molecule has 5 N–H and O–H groups in total. The highest BCUT2D eigenvalue weighted by Crippen LogP contribution is 2.17. The molecule has 1 aliphatic rings. The van der Waals surface area contributed by atoms with Gasteiger partial charge in [-0.05, 0) is 26.7 Å². The van der Waals surface area contributed by atoms with E-state index >= 15 is 0 Å². The molecule has 0 radical (unpaired) electrons. The summed E-state index contributed by atoms with van der Waals surface area (Å²) in [5.41, 5.74) is 10.4. The van der Waals surface area contributed by atoms with Gasteiger partial charge in [-0.15, -0.1) is 0 Å². The number of rotatable bonds is 4. The maximum absolute atomic E-state index is 11.1. The molecule has 5 heteroatoms. The summed E-state index contributed by atoms with van der Waals surface area (Å²) in [5.74, 6) is 0.0675. The van der Waals surface area contributed by atoms with Crippen molar-refractivity contribution >= 4 is 11.9 Å². The van der Waals surface area contributed by atoms with Gasteiger partial charge in [-0.2, -0.15) is 0 Å². The molecular formula is C12H24N4O. The van der Waals surface area contributed by atoms with E-state index in [0.29, 0.717) is 18.5 Å². The summed E-state index contributed by atoms with van der Waals surface area (Å²) < 4.78 is 0. The predicted octanol–water partition coefficient (Wildman–Crippen LogP) is 0.735. The zero-order valence-corrected chi connectivity index (χ0v) is 10.8. The van der Waals surface area contributed by atoms with Crippen molar-refractivity contribution in [3.63, 3.8) is 0 Å². The smallest absolute Gasteiger partial charge is 0.224 e. The van der Waals surface area contributed by atoms with Gasteiger partial charge in [0.25, 0.3) is 0 Å². The molecule has 0 aromatic rings. The van der Waals surface area contributed by atoms with Gasteiger partial charge < -0.3 is 16.8 Å². The SMILES string of the molecule is CC(C)(CN=C(N)NC1CCCCC1)C(N)=O. The standard InChI is InChI=1S/C12H24N4O/c1-12(2,10(13)17)8-15-11(14)16-9-6-4-3-5-7-9/h9H,3-8H2,1-2H3,(H2,13,17)(H3,14,15,16). The number of hydrogen-bond donors (Lipinski definition) is 3. The van der Waals surface area contributed by atoms with Crippen LogP contribution < -0.4 is 16.8 Å². The molecule has 0 spiro atoms. The highest BCUT2D eigenvalue weighted by Gasteiger charge is 2.24. The molecule has 0 bridgehead atoms. The van der Waals surface area contributed by atoms with Gasteiger partial charge in [0.1, 0.15) is 0 Å². The van der Waals surface area contributed by atoms with Crippen LogP contribution in [0.1, 0.15) is 46.0 Å². The molecular weight excluding hydrogens is 216 g/mol. The predicted molar refractivity (Wildman–Crippen MR) is 69.5 cm³/mol. The van der Waals surface area contributed by atoms with Gasteiger partial charge >= 0.3 is 0 Å². The van der Waals surface area contributed by atoms with Crippen LogP contribution >= 0.6 is 0 Å². The van der Waals surface area contributed by atoms with Crippen molar-refractivity contribution < 1.29 is 4.79 Å². The summed E-state index contributed by atoms with van der Waals surface area (Å²) in [6, 6.07) is 0.434. The number of nitrogens with zero attached hydrogens (tertiary/aromatic N) is 1. The third-order valence-corrected chi connectivity index (χ3v) is 3.27. The number of carbonyl (C=O) groups excluding carboxylic acids is 1. The minimum absolute atomic E-state index is 0.327. The van der Waals surface area contributed by atoms with Crippen LogP contribution in [0.3, 0.4) is 0 Å². The lowest BCUT2D eigenvalue weighted by molar-refractivity contribution is -0.125. The number of nitrogens with two attached hydrogens (primary N) is 2. The summed E-state index contributed by atoms with van der Waals surface area (Å²) in [7, 11) is 0. The molecule has 0 aliphatic heterocycles. The number of amides is 1. The maximum Gasteiger partial charge on any atom is 0.224 e. The second-order valence-electron chi connectivity index (χ2n) is 5.43. The Morgan fingerprint density at radius 3 is 2.41 bits per heavy atom. The molecule has 0 atom stereocenters. The van der Waals surface area contributed by atoms with Crippen LogP contribution in [0.4, 0.5) is 0 Å². The molecule has 1 rings (SSSR count). The van der Waals surface area contributed by atoms with E-state index in [4.69, 9.17) is 11.5 Å². The fourth-order valence-corrected chi connectivity index (χ4v) is 1.86. The summed E-state index contributed by atoms with van der Waals surface area (Å²) in [6.07, 6.45) is 6.10. The molecule has 0 heterocycles. The van der Waals surface area contributed by atoms with Gasteiger partial charge in [-0.3, -0.25) is 9.79 Å². The minimum atomic E-state index is -0.640. The van der Waals surface area contributed by atoms with Crippen molar-refractivity contribution in [2.75, 3.05) is 6.54 Å². The fraction of sp³-hybridized carbons (Fsp3) is 0.833. The largest absolute Gasteiger partial charge is 0.370 e. The molecule has 0 aromatic carbocycles. The number of carbonyl (C=O) groups is 1. The second kappa shape index (κ2) is 5.89. The first-order chi connectivity index (χ1) is 7.92. The summed E-state index contributed by atoms with van der Waals surface area (Å²) in [6.45, 7) is 3.87. The van der Waals surface area contributed by atoms with E-state index in [1.807, 2.05) is 0 Å². The van der Waals surface area contributed by atoms with E-state index < -0.39 is 5.41 Å². The van der Waals surface area contributed by atoms with Gasteiger partial charge in [0.05, 0.1) is 12.0 Å². The van der Waals surface area contributed by atoms with Crippen LogP contribution in [0.15, 0.2) is 4.99 Å². The molecule has 1 amide bonds. The Bertz CT molecular complexity index is 293. The molecule has 0 aromatic heterocycles. The molecule has 0 saturated heterocycles. The number of primary amides is 1. The van der Waals surface area contributed by atoms with Crippen LogP contribution in [-0.4, -0.2) is 24.5 Å². The van der Waals surface area contributed by atoms with Crippen LogP contribution in [-0.2, 0) is 4.79 Å². The van der Waals surface area contributed by atoms with Crippen molar-refractivity contribution in [2.24, 2.45) is 21.9 Å². The molecule has 1 fully saturated rings. The van der Waals surface area contributed by atoms with Gasteiger partial charge in [0, 0.05) is 6.04 Å². The Kier molecular flexibility index (Phi) is 4.78. The second-order valence-corrected chi connectivity index (χ2v) is 5.43. The van der Waals surface area contributed by atoms with Crippen LogP contribution in [0.25, 0.3) is 0 Å². The lowest BCUT2D eigenvalue weighted by atomic mass is 9.93. The molecule has 17 heavy (non-hydrogen) atoms. The normalized spacial score (nSPS) is 19.1. The van der Waals surface area contributed by atoms with Crippen molar-refractivity contribution in [3.8, 4) is 0 Å². The minimum Gasteiger partial charge on any atom is -0.370 e. The maximum atomic E-state index is 11.1. The van der Waals surface area contributed by atoms with Crippen LogP contribution in [0.5, 0.6) is 0 Å². The Hall–Kier alpha value is -1.26. The van der Waals surface area contributed by atoms with Crippen molar-refractivity contribution in [1.82, 2.24) is 5.32 Å². The van der Waals surface area contributed by atoms with Gasteiger partial charge in [0.2, 0.25) is 5.91 Å². The number of hydrogen-bond acceptors (Lipinski definition) is 2. The first-order valence-electron chi connectivity index (χ1n) is 6.28. The Morgan fingerprint density at radius 1 is 1.29 bits per heavy atom. The number of nitrogens with one attached hydrogen (secondary N) is 1. The zero-order chi connectivity index (χ0) is 12.9. The highest BCUT2D eigenvalue weighted by molar-refractivity contribution is 5.82. The molecule has 1 aliphatic carbocycles. The highest BCUT2D eigenvalue weighted by atomic mass is 16.1. The zero-order valence-electron chi connectivity index (χ0n) is 10.8. The third kappa shape index (κ3) is 4.63. The average molecular weight is 240 g/mol. The topological polar surface area (TPSA) is 93.5 Å². The van der Waals surface area contributed by atoms with E-state index in [9.17, 15) is 4.79 Å². The molecule has 5 nitrogen and oxygen atoms in total. The van der Waals surface area contributed by atoms with E-state index in [-0.39, 0.29) is 5.91 Å². The van der Waals surface area contributed by atoms with Crippen molar-refractivity contribution in [3.05, 3.63) is 0 Å².